The van der Waals surface area contributed by atoms with Crippen molar-refractivity contribution in [2.24, 2.45) is 0 Å². The fraction of sp³-hybridized carbons (Fsp3) is 0.533. The highest BCUT2D eigenvalue weighted by molar-refractivity contribution is 5.81. The van der Waals surface area contributed by atoms with Crippen LogP contribution in [0.3, 0.4) is 0 Å². The molecule has 3 rings (SSSR count). The zero-order valence-corrected chi connectivity index (χ0v) is 11.7. The number of nitrogens with zero attached hydrogens (tertiary/aromatic N) is 2. The maximum Gasteiger partial charge on any atom is 0.126 e. The average molecular weight is 258 g/mol. The Morgan fingerprint density at radius 2 is 2.16 bits per heavy atom. The van der Waals surface area contributed by atoms with E-state index in [0.717, 1.165) is 23.4 Å². The summed E-state index contributed by atoms with van der Waals surface area (Å²) < 4.78 is 0. The van der Waals surface area contributed by atoms with Gasteiger partial charge in [-0.3, -0.25) is 0 Å². The van der Waals surface area contributed by atoms with Gasteiger partial charge in [-0.05, 0) is 63.5 Å². The molecule has 0 bridgehead atoms. The van der Waals surface area contributed by atoms with Crippen LogP contribution in [0.15, 0.2) is 18.3 Å². The Hall–Kier alpha value is -1.55. The van der Waals surface area contributed by atoms with Gasteiger partial charge in [-0.25, -0.2) is 4.98 Å². The second-order valence-corrected chi connectivity index (χ2v) is 5.44. The van der Waals surface area contributed by atoms with E-state index in [2.05, 4.69) is 41.4 Å². The minimum Gasteiger partial charge on any atom is -0.370 e. The number of anilines is 1. The molecule has 0 aromatic carbocycles. The van der Waals surface area contributed by atoms with E-state index in [9.17, 15) is 0 Å². The maximum absolute atomic E-state index is 4.76. The van der Waals surface area contributed by atoms with Crippen molar-refractivity contribution >= 4 is 16.9 Å². The zero-order valence-electron chi connectivity index (χ0n) is 11.7. The van der Waals surface area contributed by atoms with Crippen molar-refractivity contribution in [3.63, 3.8) is 0 Å². The molecule has 1 aliphatic rings. The molecule has 4 nitrogen and oxygen atoms in total. The van der Waals surface area contributed by atoms with E-state index in [4.69, 9.17) is 4.98 Å². The number of likely N-dealkylation sites (tertiary alicyclic amines) is 1. The van der Waals surface area contributed by atoms with Crippen LogP contribution in [0.2, 0.25) is 0 Å². The lowest BCUT2D eigenvalue weighted by Crippen LogP contribution is -2.29. The topological polar surface area (TPSA) is 44.0 Å². The van der Waals surface area contributed by atoms with Gasteiger partial charge in [-0.2, -0.15) is 0 Å². The van der Waals surface area contributed by atoms with Gasteiger partial charge in [-0.15, -0.1) is 0 Å². The molecule has 1 fully saturated rings. The summed E-state index contributed by atoms with van der Waals surface area (Å²) in [4.78, 5) is 10.5. The number of hydrogen-bond acceptors (Lipinski definition) is 3. The molecule has 1 saturated heterocycles. The first kappa shape index (κ1) is 12.5. The van der Waals surface area contributed by atoms with E-state index in [1.165, 1.54) is 31.5 Å². The summed E-state index contributed by atoms with van der Waals surface area (Å²) in [5.41, 5.74) is 3.69. The van der Waals surface area contributed by atoms with Crippen LogP contribution in [-0.4, -0.2) is 41.5 Å². The molecule has 1 aliphatic heterocycles. The molecule has 2 aromatic rings. The van der Waals surface area contributed by atoms with Crippen molar-refractivity contribution in [3.05, 3.63) is 23.9 Å². The molecule has 0 unspecified atom stereocenters. The monoisotopic (exact) mass is 258 g/mol. The summed E-state index contributed by atoms with van der Waals surface area (Å²) >= 11 is 0. The number of aromatic amines is 1. The van der Waals surface area contributed by atoms with Gasteiger partial charge in [0.05, 0.1) is 11.0 Å². The summed E-state index contributed by atoms with van der Waals surface area (Å²) in [6.45, 7) is 5.38. The molecule has 0 radical (unpaired) electrons. The summed E-state index contributed by atoms with van der Waals surface area (Å²) in [5.74, 6) is 1.62. The highest BCUT2D eigenvalue weighted by atomic mass is 15.1. The molecule has 0 atom stereocenters. The van der Waals surface area contributed by atoms with Crippen molar-refractivity contribution in [1.82, 2.24) is 14.9 Å². The fourth-order valence-corrected chi connectivity index (χ4v) is 2.93. The van der Waals surface area contributed by atoms with E-state index in [1.54, 1.807) is 0 Å². The first-order valence-corrected chi connectivity index (χ1v) is 7.18. The molecule has 0 amide bonds. The van der Waals surface area contributed by atoms with Gasteiger partial charge < -0.3 is 15.2 Å². The van der Waals surface area contributed by atoms with Gasteiger partial charge >= 0.3 is 0 Å². The molecule has 3 heterocycles. The van der Waals surface area contributed by atoms with Crippen LogP contribution < -0.4 is 5.32 Å². The summed E-state index contributed by atoms with van der Waals surface area (Å²) in [5, 5.41) is 3.29. The quantitative estimate of drug-likeness (QED) is 0.889. The van der Waals surface area contributed by atoms with E-state index in [-0.39, 0.29) is 0 Å². The number of pyridine rings is 1. The Morgan fingerprint density at radius 3 is 2.89 bits per heavy atom. The largest absolute Gasteiger partial charge is 0.370 e. The number of rotatable bonds is 3. The fourth-order valence-electron chi connectivity index (χ4n) is 2.93. The lowest BCUT2D eigenvalue weighted by molar-refractivity contribution is 0.256. The Labute approximate surface area is 114 Å². The molecular formula is C15H22N4. The Morgan fingerprint density at radius 1 is 1.37 bits per heavy atom. The number of aromatic nitrogens is 2. The van der Waals surface area contributed by atoms with Gasteiger partial charge in [0.2, 0.25) is 0 Å². The summed E-state index contributed by atoms with van der Waals surface area (Å²) in [7, 11) is 2.20. The van der Waals surface area contributed by atoms with Crippen molar-refractivity contribution in [2.75, 3.05) is 32.0 Å². The van der Waals surface area contributed by atoms with Crippen LogP contribution in [0, 0.1) is 0 Å². The molecule has 2 N–H and O–H groups in total. The highest BCUT2D eigenvalue weighted by Crippen LogP contribution is 2.32. The zero-order chi connectivity index (χ0) is 13.2. The van der Waals surface area contributed by atoms with Crippen LogP contribution in [0.25, 0.3) is 11.0 Å². The maximum atomic E-state index is 4.76. The first-order chi connectivity index (χ1) is 9.28. The number of nitrogens with one attached hydrogen (secondary N) is 2. The minimum absolute atomic E-state index is 0.648. The summed E-state index contributed by atoms with van der Waals surface area (Å²) in [6.07, 6.45) is 4.62. The van der Waals surface area contributed by atoms with Gasteiger partial charge in [0, 0.05) is 12.7 Å². The van der Waals surface area contributed by atoms with Crippen LogP contribution in [0.5, 0.6) is 0 Å². The molecule has 0 aliphatic carbocycles. The molecule has 19 heavy (non-hydrogen) atoms. The van der Waals surface area contributed by atoms with Crippen molar-refractivity contribution in [3.8, 4) is 0 Å². The average Bonchev–Trinajstić information content (AvgIpc) is 2.83. The van der Waals surface area contributed by atoms with Crippen molar-refractivity contribution in [2.45, 2.75) is 25.7 Å². The second kappa shape index (κ2) is 5.21. The lowest BCUT2D eigenvalue weighted by Gasteiger charge is -2.28. The van der Waals surface area contributed by atoms with E-state index in [1.807, 2.05) is 6.07 Å². The van der Waals surface area contributed by atoms with E-state index >= 15 is 0 Å². The normalized spacial score (nSPS) is 18.0. The molecule has 102 valence electrons. The number of piperidine rings is 1. The van der Waals surface area contributed by atoms with Crippen LogP contribution in [0.1, 0.15) is 31.2 Å². The first-order valence-electron chi connectivity index (χ1n) is 7.18. The second-order valence-electron chi connectivity index (χ2n) is 5.44. The molecular weight excluding hydrogens is 236 g/mol. The van der Waals surface area contributed by atoms with Crippen LogP contribution in [0.4, 0.5) is 5.82 Å². The third kappa shape index (κ3) is 2.45. The van der Waals surface area contributed by atoms with Crippen molar-refractivity contribution < 1.29 is 0 Å². The number of fused-ring (bicyclic) bond motifs is 1. The van der Waals surface area contributed by atoms with E-state index < -0.39 is 0 Å². The lowest BCUT2D eigenvalue weighted by atomic mass is 9.91. The molecule has 0 spiro atoms. The third-order valence-electron chi connectivity index (χ3n) is 4.07. The molecule has 2 aromatic heterocycles. The predicted molar refractivity (Wildman–Crippen MR) is 79.7 cm³/mol. The smallest absolute Gasteiger partial charge is 0.126 e. The van der Waals surface area contributed by atoms with Crippen molar-refractivity contribution in [1.29, 1.82) is 0 Å². The van der Waals surface area contributed by atoms with Crippen LogP contribution >= 0.6 is 0 Å². The van der Waals surface area contributed by atoms with Gasteiger partial charge in [0.25, 0.3) is 0 Å². The minimum atomic E-state index is 0.648. The van der Waals surface area contributed by atoms with Gasteiger partial charge in [-0.1, -0.05) is 0 Å². The number of H-pyrrole nitrogens is 1. The third-order valence-corrected chi connectivity index (χ3v) is 4.07. The standard InChI is InChI=1S/C15H22N4/c1-3-16-14-5-4-13-15(18-14)12(10-17-13)11-6-8-19(2)9-7-11/h4-5,10-11,17H,3,6-9H2,1-2H3,(H,16,18). The highest BCUT2D eigenvalue weighted by Gasteiger charge is 2.21. The van der Waals surface area contributed by atoms with Gasteiger partial charge in [0.15, 0.2) is 0 Å². The SMILES string of the molecule is CCNc1ccc2[nH]cc(C3CCN(C)CC3)c2n1. The van der Waals surface area contributed by atoms with Gasteiger partial charge in [0.1, 0.15) is 5.82 Å². The Balaban J connectivity index is 1.92. The predicted octanol–water partition coefficient (Wildman–Crippen LogP) is 2.80. The molecule has 0 saturated carbocycles. The van der Waals surface area contributed by atoms with Crippen LogP contribution in [-0.2, 0) is 0 Å². The number of hydrogen-bond donors (Lipinski definition) is 2. The Kier molecular flexibility index (Phi) is 3.42. The molecule has 4 heteroatoms. The summed E-state index contributed by atoms with van der Waals surface area (Å²) in [6, 6.07) is 4.17. The Bertz CT molecular complexity index is 552. The van der Waals surface area contributed by atoms with E-state index in [0.29, 0.717) is 5.92 Å².